The van der Waals surface area contributed by atoms with Gasteiger partial charge in [0.05, 0.1) is 11.1 Å². The lowest BCUT2D eigenvalue weighted by atomic mass is 10.4. The van der Waals surface area contributed by atoms with Gasteiger partial charge in [-0.05, 0) is 17.5 Å². The van der Waals surface area contributed by atoms with Crippen LogP contribution in [0.5, 0.6) is 0 Å². The molecular weight excluding hydrogens is 250 g/mol. The van der Waals surface area contributed by atoms with E-state index < -0.39 is 0 Å². The monoisotopic (exact) mass is 263 g/mol. The van der Waals surface area contributed by atoms with Gasteiger partial charge < -0.3 is 9.32 Å². The van der Waals surface area contributed by atoms with Crippen LogP contribution >= 0.6 is 11.3 Å². The van der Waals surface area contributed by atoms with Gasteiger partial charge in [0.15, 0.2) is 5.88 Å². The zero-order chi connectivity index (χ0) is 13.0. The Bertz CT molecular complexity index is 543. The first-order chi connectivity index (χ1) is 8.66. The predicted molar refractivity (Wildman–Crippen MR) is 72.4 cm³/mol. The number of hydrogen-bond donors (Lipinski definition) is 1. The minimum atomic E-state index is -0.222. The van der Waals surface area contributed by atoms with Crippen LogP contribution in [0, 0.1) is 0 Å². The Morgan fingerprint density at radius 2 is 2.28 bits per heavy atom. The van der Waals surface area contributed by atoms with Gasteiger partial charge in [0.2, 0.25) is 0 Å². The molecule has 2 aromatic heterocycles. The van der Waals surface area contributed by atoms with Crippen molar-refractivity contribution < 1.29 is 9.21 Å². The molecule has 2 heterocycles. The maximum atomic E-state index is 11.6. The van der Waals surface area contributed by atoms with Crippen molar-refractivity contribution in [2.24, 2.45) is 5.10 Å². The summed E-state index contributed by atoms with van der Waals surface area (Å²) in [5.41, 5.74) is 2.44. The summed E-state index contributed by atoms with van der Waals surface area (Å²) in [7, 11) is 3.77. The molecule has 18 heavy (non-hydrogen) atoms. The zero-order valence-electron chi connectivity index (χ0n) is 10.1. The fraction of sp³-hybridized carbons (Fsp3) is 0.167. The minimum Gasteiger partial charge on any atom is -0.440 e. The lowest BCUT2D eigenvalue weighted by Gasteiger charge is -2.05. The standard InChI is InChI=1S/C12H13N3O2S/c1-15(2)11-6-5-9(17-11)8-13-14-12(16)10-4-3-7-18-10/h3-8H,1-2H3,(H,14,16)/b13-8-. The van der Waals surface area contributed by atoms with Crippen LogP contribution in [0.2, 0.25) is 0 Å². The fourth-order valence-corrected chi connectivity index (χ4v) is 1.88. The highest BCUT2D eigenvalue weighted by Gasteiger charge is 2.04. The van der Waals surface area contributed by atoms with Crippen LogP contribution in [0.3, 0.4) is 0 Å². The number of hydrogen-bond acceptors (Lipinski definition) is 5. The Balaban J connectivity index is 1.93. The first kappa shape index (κ1) is 12.4. The number of hydrazone groups is 1. The number of thiophene rings is 1. The van der Waals surface area contributed by atoms with Crippen molar-refractivity contribution in [3.63, 3.8) is 0 Å². The van der Waals surface area contributed by atoms with E-state index in [0.29, 0.717) is 10.6 Å². The summed E-state index contributed by atoms with van der Waals surface area (Å²) in [6.07, 6.45) is 1.47. The molecule has 0 spiro atoms. The van der Waals surface area contributed by atoms with Crippen molar-refractivity contribution in [3.05, 3.63) is 40.3 Å². The van der Waals surface area contributed by atoms with E-state index in [1.165, 1.54) is 17.6 Å². The van der Waals surface area contributed by atoms with Crippen LogP contribution in [-0.2, 0) is 0 Å². The molecule has 6 heteroatoms. The molecule has 0 saturated heterocycles. The minimum absolute atomic E-state index is 0.222. The van der Waals surface area contributed by atoms with Gasteiger partial charge in [0.1, 0.15) is 5.76 Å². The fourth-order valence-electron chi connectivity index (χ4n) is 1.27. The number of nitrogens with zero attached hydrogens (tertiary/aromatic N) is 2. The first-order valence-electron chi connectivity index (χ1n) is 5.31. The van der Waals surface area contributed by atoms with Crippen molar-refractivity contribution >= 4 is 29.3 Å². The van der Waals surface area contributed by atoms with E-state index in [1.54, 1.807) is 12.1 Å². The number of anilines is 1. The third kappa shape index (κ3) is 2.98. The van der Waals surface area contributed by atoms with Crippen molar-refractivity contribution in [3.8, 4) is 0 Å². The number of furan rings is 1. The Morgan fingerprint density at radius 3 is 2.89 bits per heavy atom. The van der Waals surface area contributed by atoms with E-state index in [2.05, 4.69) is 10.5 Å². The Morgan fingerprint density at radius 1 is 1.44 bits per heavy atom. The van der Waals surface area contributed by atoms with Gasteiger partial charge in [0.25, 0.3) is 5.91 Å². The number of carbonyl (C=O) groups excluding carboxylic acids is 1. The zero-order valence-corrected chi connectivity index (χ0v) is 10.9. The number of nitrogens with one attached hydrogen (secondary N) is 1. The van der Waals surface area contributed by atoms with Crippen LogP contribution < -0.4 is 10.3 Å². The number of carbonyl (C=O) groups is 1. The van der Waals surface area contributed by atoms with Gasteiger partial charge in [-0.25, -0.2) is 5.43 Å². The quantitative estimate of drug-likeness (QED) is 0.679. The highest BCUT2D eigenvalue weighted by atomic mass is 32.1. The molecule has 94 valence electrons. The molecule has 0 aliphatic carbocycles. The largest absolute Gasteiger partial charge is 0.440 e. The molecule has 0 fully saturated rings. The Hall–Kier alpha value is -2.08. The van der Waals surface area contributed by atoms with Crippen molar-refractivity contribution in [2.75, 3.05) is 19.0 Å². The van der Waals surface area contributed by atoms with Crippen LogP contribution in [0.25, 0.3) is 0 Å². The molecule has 0 unspecified atom stereocenters. The van der Waals surface area contributed by atoms with Crippen molar-refractivity contribution in [1.82, 2.24) is 5.43 Å². The number of rotatable bonds is 4. The van der Waals surface area contributed by atoms with Gasteiger partial charge in [-0.15, -0.1) is 11.3 Å². The summed E-state index contributed by atoms with van der Waals surface area (Å²) in [6.45, 7) is 0. The molecule has 0 atom stereocenters. The second-order valence-electron chi connectivity index (χ2n) is 3.75. The van der Waals surface area contributed by atoms with Gasteiger partial charge in [-0.2, -0.15) is 5.10 Å². The smallest absolute Gasteiger partial charge is 0.281 e. The van der Waals surface area contributed by atoms with E-state index >= 15 is 0 Å². The Labute approximate surface area is 109 Å². The second kappa shape index (κ2) is 5.50. The summed E-state index contributed by atoms with van der Waals surface area (Å²) >= 11 is 1.37. The third-order valence-corrected chi connectivity index (χ3v) is 3.02. The molecular formula is C12H13N3O2S. The molecule has 1 amide bonds. The summed E-state index contributed by atoms with van der Waals surface area (Å²) < 4.78 is 5.45. The molecule has 0 aliphatic heterocycles. The van der Waals surface area contributed by atoms with Crippen LogP contribution in [0.4, 0.5) is 5.88 Å². The van der Waals surface area contributed by atoms with Crippen molar-refractivity contribution in [2.45, 2.75) is 0 Å². The summed E-state index contributed by atoms with van der Waals surface area (Å²) in [4.78, 5) is 14.0. The first-order valence-corrected chi connectivity index (χ1v) is 6.19. The van der Waals surface area contributed by atoms with Crippen LogP contribution in [0.15, 0.2) is 39.2 Å². The average molecular weight is 263 g/mol. The molecule has 0 bridgehead atoms. The highest BCUT2D eigenvalue weighted by molar-refractivity contribution is 7.12. The SMILES string of the molecule is CN(C)c1ccc(/C=N\NC(=O)c2cccs2)o1. The van der Waals surface area contributed by atoms with Crippen molar-refractivity contribution in [1.29, 1.82) is 0 Å². The molecule has 0 aliphatic rings. The van der Waals surface area contributed by atoms with Gasteiger partial charge >= 0.3 is 0 Å². The summed E-state index contributed by atoms with van der Waals surface area (Å²) in [5.74, 6) is 1.10. The topological polar surface area (TPSA) is 57.8 Å². The molecule has 0 saturated carbocycles. The summed E-state index contributed by atoms with van der Waals surface area (Å²) in [5, 5.41) is 5.68. The molecule has 0 radical (unpaired) electrons. The molecule has 0 aromatic carbocycles. The predicted octanol–water partition coefficient (Wildman–Crippen LogP) is 2.17. The van der Waals surface area contributed by atoms with Crippen LogP contribution in [-0.4, -0.2) is 26.2 Å². The van der Waals surface area contributed by atoms with E-state index in [4.69, 9.17) is 4.42 Å². The van der Waals surface area contributed by atoms with E-state index in [-0.39, 0.29) is 5.91 Å². The number of amides is 1. The average Bonchev–Trinajstić information content (AvgIpc) is 3.00. The van der Waals surface area contributed by atoms with Gasteiger partial charge in [-0.3, -0.25) is 4.79 Å². The van der Waals surface area contributed by atoms with Gasteiger partial charge in [-0.1, -0.05) is 6.07 Å². The Kier molecular flexibility index (Phi) is 3.78. The van der Waals surface area contributed by atoms with E-state index in [9.17, 15) is 4.79 Å². The summed E-state index contributed by atoms with van der Waals surface area (Å²) in [6, 6.07) is 7.18. The normalized spacial score (nSPS) is 10.8. The maximum absolute atomic E-state index is 11.6. The lowest BCUT2D eigenvalue weighted by molar-refractivity contribution is 0.0959. The van der Waals surface area contributed by atoms with E-state index in [1.807, 2.05) is 36.5 Å². The molecule has 2 aromatic rings. The van der Waals surface area contributed by atoms with Crippen LogP contribution in [0.1, 0.15) is 15.4 Å². The lowest BCUT2D eigenvalue weighted by Crippen LogP contribution is -2.15. The van der Waals surface area contributed by atoms with E-state index in [0.717, 1.165) is 5.88 Å². The second-order valence-corrected chi connectivity index (χ2v) is 4.69. The molecule has 2 rings (SSSR count). The third-order valence-electron chi connectivity index (χ3n) is 2.16. The molecule has 5 nitrogen and oxygen atoms in total. The highest BCUT2D eigenvalue weighted by Crippen LogP contribution is 2.14. The maximum Gasteiger partial charge on any atom is 0.281 e. The van der Waals surface area contributed by atoms with Gasteiger partial charge in [0, 0.05) is 20.2 Å². The molecule has 1 N–H and O–H groups in total.